The van der Waals surface area contributed by atoms with Gasteiger partial charge in [0.25, 0.3) is 10.1 Å². The number of likely N-dealkylation sites (N-methyl/N-ethyl adjacent to an activating group) is 1. The second-order valence-electron chi connectivity index (χ2n) is 6.75. The van der Waals surface area contributed by atoms with E-state index >= 15 is 0 Å². The quantitative estimate of drug-likeness (QED) is 0.286. The van der Waals surface area contributed by atoms with Crippen LogP contribution in [0.15, 0.2) is 0 Å². The average molecular weight is 324 g/mol. The van der Waals surface area contributed by atoms with E-state index in [4.69, 9.17) is 9.29 Å². The highest BCUT2D eigenvalue weighted by Crippen LogP contribution is 2.21. The van der Waals surface area contributed by atoms with E-state index in [1.54, 1.807) is 0 Å². The minimum Gasteiger partial charge on any atom is -0.459 e. The molecule has 0 spiro atoms. The maximum absolute atomic E-state index is 11.8. The number of ether oxygens (including phenoxy) is 1. The molecule has 0 aliphatic rings. The molecule has 126 valence electrons. The van der Waals surface area contributed by atoms with Gasteiger partial charge in [0.15, 0.2) is 0 Å². The first-order valence-corrected chi connectivity index (χ1v) is 8.95. The lowest BCUT2D eigenvalue weighted by Gasteiger charge is -2.30. The highest BCUT2D eigenvalue weighted by Gasteiger charge is 2.27. The van der Waals surface area contributed by atoms with Gasteiger partial charge in [-0.1, -0.05) is 6.92 Å². The predicted molar refractivity (Wildman–Crippen MR) is 82.5 cm³/mol. The van der Waals surface area contributed by atoms with Crippen molar-refractivity contribution in [2.24, 2.45) is 5.41 Å². The van der Waals surface area contributed by atoms with Gasteiger partial charge in [-0.15, -0.1) is 0 Å². The Kier molecular flexibility index (Phi) is 7.84. The highest BCUT2D eigenvalue weighted by atomic mass is 32.2. The normalized spacial score (nSPS) is 13.2. The number of nitrogens with zero attached hydrogens (tertiary/aromatic N) is 1. The molecule has 0 aliphatic carbocycles. The van der Waals surface area contributed by atoms with E-state index in [0.717, 1.165) is 13.0 Å². The summed E-state index contributed by atoms with van der Waals surface area (Å²) in [6.07, 6.45) is 1.87. The summed E-state index contributed by atoms with van der Waals surface area (Å²) >= 11 is 0. The number of carbonyl (C=O) groups is 1. The van der Waals surface area contributed by atoms with E-state index in [1.165, 1.54) is 0 Å². The predicted octanol–water partition coefficient (Wildman–Crippen LogP) is 1.71. The molecule has 0 aromatic heterocycles. The summed E-state index contributed by atoms with van der Waals surface area (Å²) in [4.78, 5) is 11.8. The van der Waals surface area contributed by atoms with Gasteiger partial charge in [-0.05, 0) is 33.1 Å². The molecule has 0 saturated heterocycles. The van der Waals surface area contributed by atoms with Crippen molar-refractivity contribution in [1.29, 1.82) is 0 Å². The minimum absolute atomic E-state index is 0.184. The first-order valence-electron chi connectivity index (χ1n) is 7.34. The van der Waals surface area contributed by atoms with Crippen molar-refractivity contribution in [3.8, 4) is 0 Å². The molecule has 0 unspecified atom stereocenters. The molecular weight excluding hydrogens is 294 g/mol. The third-order valence-corrected chi connectivity index (χ3v) is 4.59. The van der Waals surface area contributed by atoms with Crippen LogP contribution < -0.4 is 0 Å². The van der Waals surface area contributed by atoms with Gasteiger partial charge in [-0.25, -0.2) is 0 Å². The number of unbranched alkanes of at least 4 members (excludes halogenated alkanes) is 1. The smallest absolute Gasteiger partial charge is 0.311 e. The molecule has 0 bridgehead atoms. The van der Waals surface area contributed by atoms with Crippen molar-refractivity contribution < 1.29 is 27.0 Å². The largest absolute Gasteiger partial charge is 0.459 e. The van der Waals surface area contributed by atoms with E-state index in [0.29, 0.717) is 30.5 Å². The summed E-state index contributed by atoms with van der Waals surface area (Å²) in [5.74, 6) is -0.386. The van der Waals surface area contributed by atoms with Gasteiger partial charge in [0.1, 0.15) is 13.2 Å². The van der Waals surface area contributed by atoms with Crippen LogP contribution in [0.1, 0.15) is 40.0 Å². The van der Waals surface area contributed by atoms with Crippen LogP contribution in [0.4, 0.5) is 0 Å². The lowest BCUT2D eigenvalue weighted by Crippen LogP contribution is -2.44. The number of hydrogen-bond donors (Lipinski definition) is 1. The van der Waals surface area contributed by atoms with Gasteiger partial charge < -0.3 is 9.22 Å². The number of hydrogen-bond acceptors (Lipinski definition) is 4. The summed E-state index contributed by atoms with van der Waals surface area (Å²) in [5.41, 5.74) is -0.452. The molecule has 0 radical (unpaired) electrons. The van der Waals surface area contributed by atoms with Crippen molar-refractivity contribution in [1.82, 2.24) is 0 Å². The molecule has 0 rings (SSSR count). The summed E-state index contributed by atoms with van der Waals surface area (Å²) in [6.45, 7) is 7.49. The zero-order valence-corrected chi connectivity index (χ0v) is 14.7. The summed E-state index contributed by atoms with van der Waals surface area (Å²) in [7, 11) is 0.147. The Balaban J connectivity index is 4.00. The third-order valence-electron chi connectivity index (χ3n) is 3.78. The van der Waals surface area contributed by atoms with Gasteiger partial charge in [0.05, 0.1) is 31.8 Å². The Morgan fingerprint density at radius 3 is 2.24 bits per heavy atom. The molecule has 0 heterocycles. The van der Waals surface area contributed by atoms with Gasteiger partial charge in [0.2, 0.25) is 0 Å². The van der Waals surface area contributed by atoms with Crippen LogP contribution in [-0.4, -0.2) is 63.0 Å². The summed E-state index contributed by atoms with van der Waals surface area (Å²) in [6, 6.07) is 0. The molecular formula is C14H30NO5S+. The maximum Gasteiger partial charge on any atom is 0.311 e. The molecule has 1 N–H and O–H groups in total. The zero-order valence-electron chi connectivity index (χ0n) is 13.9. The molecule has 0 aromatic rings. The Bertz CT molecular complexity index is 429. The van der Waals surface area contributed by atoms with Crippen LogP contribution in [0.3, 0.4) is 0 Å². The molecule has 7 heteroatoms. The molecule has 0 amide bonds. The molecule has 0 aliphatic heterocycles. The van der Waals surface area contributed by atoms with Gasteiger partial charge in [-0.2, -0.15) is 8.42 Å². The van der Waals surface area contributed by atoms with Crippen molar-refractivity contribution in [3.05, 3.63) is 0 Å². The van der Waals surface area contributed by atoms with Crippen LogP contribution in [0.5, 0.6) is 0 Å². The first-order chi connectivity index (χ1) is 9.40. The number of carbonyl (C=O) groups excluding carboxylic acids is 1. The van der Waals surface area contributed by atoms with Crippen LogP contribution >= 0.6 is 0 Å². The topological polar surface area (TPSA) is 80.7 Å². The van der Waals surface area contributed by atoms with Gasteiger partial charge in [-0.3, -0.25) is 9.35 Å². The average Bonchev–Trinajstić information content (AvgIpc) is 2.33. The van der Waals surface area contributed by atoms with Crippen molar-refractivity contribution >= 4 is 16.1 Å². The Morgan fingerprint density at radius 2 is 1.76 bits per heavy atom. The molecule has 6 nitrogen and oxygen atoms in total. The van der Waals surface area contributed by atoms with E-state index in [2.05, 4.69) is 0 Å². The second-order valence-corrected chi connectivity index (χ2v) is 8.32. The third kappa shape index (κ3) is 9.82. The molecule has 0 saturated carbocycles. The van der Waals surface area contributed by atoms with E-state index in [-0.39, 0.29) is 11.7 Å². The fourth-order valence-corrected chi connectivity index (χ4v) is 2.23. The Morgan fingerprint density at radius 1 is 1.19 bits per heavy atom. The molecule has 21 heavy (non-hydrogen) atoms. The number of rotatable bonds is 10. The lowest BCUT2D eigenvalue weighted by atomic mass is 9.91. The van der Waals surface area contributed by atoms with Crippen LogP contribution in [0.2, 0.25) is 0 Å². The Hall–Kier alpha value is -0.660. The molecule has 0 aromatic carbocycles. The van der Waals surface area contributed by atoms with E-state index in [1.807, 2.05) is 34.9 Å². The standard InChI is InChI=1S/C14H29NO5S/c1-6-14(2,3)13(16)20-11-10-15(4,5)9-7-8-12-21(17,18)19/h6-12H2,1-5H3/p+1. The van der Waals surface area contributed by atoms with Crippen LogP contribution in [-0.2, 0) is 19.6 Å². The fraction of sp³-hybridized carbons (Fsp3) is 0.929. The number of esters is 1. The fourth-order valence-electron chi connectivity index (χ4n) is 1.66. The summed E-state index contributed by atoms with van der Waals surface area (Å²) < 4.78 is 35.8. The highest BCUT2D eigenvalue weighted by molar-refractivity contribution is 7.85. The Labute approximate surface area is 128 Å². The first kappa shape index (κ1) is 20.3. The molecule has 0 atom stereocenters. The van der Waals surface area contributed by atoms with Gasteiger partial charge >= 0.3 is 5.97 Å². The number of quaternary nitrogens is 1. The van der Waals surface area contributed by atoms with E-state index < -0.39 is 15.5 Å². The van der Waals surface area contributed by atoms with Crippen molar-refractivity contribution in [2.75, 3.05) is 39.5 Å². The van der Waals surface area contributed by atoms with Crippen LogP contribution in [0.25, 0.3) is 0 Å². The SMILES string of the molecule is CCC(C)(C)C(=O)OCC[N+](C)(C)CCCCS(=O)(=O)O. The monoisotopic (exact) mass is 324 g/mol. The van der Waals surface area contributed by atoms with Crippen molar-refractivity contribution in [3.63, 3.8) is 0 Å². The lowest BCUT2D eigenvalue weighted by molar-refractivity contribution is -0.890. The van der Waals surface area contributed by atoms with Crippen molar-refractivity contribution in [2.45, 2.75) is 40.0 Å². The zero-order chi connectivity index (χ0) is 16.7. The van der Waals surface area contributed by atoms with E-state index in [9.17, 15) is 13.2 Å². The van der Waals surface area contributed by atoms with Gasteiger partial charge in [0, 0.05) is 0 Å². The second kappa shape index (κ2) is 8.10. The minimum atomic E-state index is -3.87. The molecule has 0 fully saturated rings. The maximum atomic E-state index is 11.8. The summed E-state index contributed by atoms with van der Waals surface area (Å²) in [5, 5.41) is 0. The van der Waals surface area contributed by atoms with Crippen LogP contribution in [0, 0.1) is 5.41 Å².